The smallest absolute Gasteiger partial charge is 0.274 e. The number of amides is 2. The standard InChI is InChI=1S/C19H22N6O3S/c1-2-25-17(27)6-5-15(22-25)18(28)24-7-3-4-14(24)11-20-16(26)10-13-12-23-8-9-29-19(23)21-13/h5-6,8-9,12,14H,2-4,7,10-11H2,1H3,(H,20,26)/t14-/m1/s1. The van der Waals surface area contributed by atoms with Gasteiger partial charge in [0.2, 0.25) is 5.91 Å². The summed E-state index contributed by atoms with van der Waals surface area (Å²) in [5.74, 6) is -0.328. The number of nitrogens with zero attached hydrogens (tertiary/aromatic N) is 5. The maximum atomic E-state index is 12.9. The van der Waals surface area contributed by atoms with E-state index in [4.69, 9.17) is 0 Å². The topological polar surface area (TPSA) is 102 Å². The van der Waals surface area contributed by atoms with E-state index in [-0.39, 0.29) is 35.5 Å². The second kappa shape index (κ2) is 8.16. The van der Waals surface area contributed by atoms with Gasteiger partial charge in [-0.1, -0.05) is 0 Å². The SMILES string of the molecule is CCn1nc(C(=O)N2CCC[C@@H]2CNC(=O)Cc2cn3ccsc3n2)ccc1=O. The van der Waals surface area contributed by atoms with Crippen LogP contribution < -0.4 is 10.9 Å². The zero-order valence-electron chi connectivity index (χ0n) is 16.1. The minimum atomic E-state index is -0.228. The summed E-state index contributed by atoms with van der Waals surface area (Å²) in [5.41, 5.74) is 0.746. The van der Waals surface area contributed by atoms with Crippen LogP contribution in [0.1, 0.15) is 35.9 Å². The molecule has 0 radical (unpaired) electrons. The third kappa shape index (κ3) is 4.07. The molecule has 1 fully saturated rings. The molecule has 4 heterocycles. The number of hydrogen-bond donors (Lipinski definition) is 1. The first-order valence-electron chi connectivity index (χ1n) is 9.62. The lowest BCUT2D eigenvalue weighted by atomic mass is 10.2. The highest BCUT2D eigenvalue weighted by atomic mass is 32.1. The number of carbonyl (C=O) groups is 2. The second-order valence-corrected chi connectivity index (χ2v) is 7.85. The van der Waals surface area contributed by atoms with Crippen LogP contribution in [-0.2, 0) is 17.8 Å². The van der Waals surface area contributed by atoms with Gasteiger partial charge in [-0.2, -0.15) is 5.10 Å². The number of likely N-dealkylation sites (tertiary alicyclic amines) is 1. The van der Waals surface area contributed by atoms with Crippen molar-refractivity contribution in [3.63, 3.8) is 0 Å². The highest BCUT2D eigenvalue weighted by Crippen LogP contribution is 2.19. The van der Waals surface area contributed by atoms with E-state index < -0.39 is 0 Å². The minimum absolute atomic E-state index is 0.0826. The van der Waals surface area contributed by atoms with E-state index in [0.29, 0.717) is 19.6 Å². The molecule has 0 aliphatic carbocycles. The van der Waals surface area contributed by atoms with Crippen molar-refractivity contribution in [3.05, 3.63) is 51.6 Å². The number of carbonyl (C=O) groups excluding carboxylic acids is 2. The number of hydrogen-bond acceptors (Lipinski definition) is 6. The highest BCUT2D eigenvalue weighted by Gasteiger charge is 2.30. The van der Waals surface area contributed by atoms with Crippen LogP contribution in [0.3, 0.4) is 0 Å². The number of rotatable bonds is 6. The highest BCUT2D eigenvalue weighted by molar-refractivity contribution is 7.15. The average molecular weight is 414 g/mol. The fraction of sp³-hybridized carbons (Fsp3) is 0.421. The Kier molecular flexibility index (Phi) is 5.43. The molecule has 1 aliphatic heterocycles. The Labute approximate surface area is 171 Å². The molecule has 29 heavy (non-hydrogen) atoms. The molecule has 0 unspecified atom stereocenters. The maximum Gasteiger partial charge on any atom is 0.274 e. The fourth-order valence-corrected chi connectivity index (χ4v) is 4.29. The molecule has 3 aromatic heterocycles. The van der Waals surface area contributed by atoms with Crippen LogP contribution in [0.4, 0.5) is 0 Å². The summed E-state index contributed by atoms with van der Waals surface area (Å²) in [6.07, 6.45) is 5.66. The molecule has 0 bridgehead atoms. The number of nitrogens with one attached hydrogen (secondary N) is 1. The van der Waals surface area contributed by atoms with Gasteiger partial charge >= 0.3 is 0 Å². The van der Waals surface area contributed by atoms with Gasteiger partial charge in [0.1, 0.15) is 5.69 Å². The number of aromatic nitrogens is 4. The van der Waals surface area contributed by atoms with Crippen molar-refractivity contribution in [2.75, 3.05) is 13.1 Å². The Bertz CT molecular complexity index is 1070. The molecule has 9 nitrogen and oxygen atoms in total. The van der Waals surface area contributed by atoms with Crippen molar-refractivity contribution in [1.29, 1.82) is 0 Å². The predicted molar refractivity (Wildman–Crippen MR) is 108 cm³/mol. The molecule has 2 amide bonds. The lowest BCUT2D eigenvalue weighted by Crippen LogP contribution is -2.44. The zero-order valence-corrected chi connectivity index (χ0v) is 16.9. The van der Waals surface area contributed by atoms with Crippen LogP contribution >= 0.6 is 11.3 Å². The lowest BCUT2D eigenvalue weighted by molar-refractivity contribution is -0.120. The van der Waals surface area contributed by atoms with Crippen LogP contribution in [0, 0.1) is 0 Å². The first-order valence-corrected chi connectivity index (χ1v) is 10.5. The minimum Gasteiger partial charge on any atom is -0.354 e. The van der Waals surface area contributed by atoms with Gasteiger partial charge in [0.05, 0.1) is 12.1 Å². The van der Waals surface area contributed by atoms with Gasteiger partial charge in [0.15, 0.2) is 4.96 Å². The van der Waals surface area contributed by atoms with Crippen molar-refractivity contribution in [3.8, 4) is 0 Å². The van der Waals surface area contributed by atoms with Gasteiger partial charge in [-0.25, -0.2) is 9.67 Å². The van der Waals surface area contributed by atoms with E-state index in [2.05, 4.69) is 15.4 Å². The fourth-order valence-electron chi connectivity index (χ4n) is 3.57. The molecule has 0 spiro atoms. The third-order valence-corrected chi connectivity index (χ3v) is 5.81. The van der Waals surface area contributed by atoms with E-state index >= 15 is 0 Å². The zero-order chi connectivity index (χ0) is 20.4. The van der Waals surface area contributed by atoms with Crippen LogP contribution in [0.15, 0.2) is 34.7 Å². The summed E-state index contributed by atoms with van der Waals surface area (Å²) in [4.78, 5) is 43.9. The summed E-state index contributed by atoms with van der Waals surface area (Å²) >= 11 is 1.52. The molecule has 1 aliphatic rings. The van der Waals surface area contributed by atoms with Crippen molar-refractivity contribution in [2.45, 2.75) is 38.8 Å². The second-order valence-electron chi connectivity index (χ2n) is 6.97. The average Bonchev–Trinajstić information content (AvgIpc) is 3.42. The number of thiazole rings is 1. The molecule has 10 heteroatoms. The van der Waals surface area contributed by atoms with Crippen LogP contribution in [-0.4, -0.2) is 55.0 Å². The summed E-state index contributed by atoms with van der Waals surface area (Å²) in [6, 6.07) is 2.75. The molecule has 1 saturated heterocycles. The maximum absolute atomic E-state index is 12.9. The number of aryl methyl sites for hydroxylation is 1. The van der Waals surface area contributed by atoms with Gasteiger partial charge in [0, 0.05) is 49.5 Å². The number of imidazole rings is 1. The largest absolute Gasteiger partial charge is 0.354 e. The van der Waals surface area contributed by atoms with E-state index in [9.17, 15) is 14.4 Å². The Morgan fingerprint density at radius 1 is 1.34 bits per heavy atom. The quantitative estimate of drug-likeness (QED) is 0.647. The van der Waals surface area contributed by atoms with Crippen LogP contribution in [0.25, 0.3) is 4.96 Å². The molecular weight excluding hydrogens is 392 g/mol. The third-order valence-electron chi connectivity index (χ3n) is 5.04. The molecule has 152 valence electrons. The normalized spacial score (nSPS) is 16.4. The molecule has 1 N–H and O–H groups in total. The summed E-state index contributed by atoms with van der Waals surface area (Å²) < 4.78 is 3.17. The van der Waals surface area contributed by atoms with Crippen molar-refractivity contribution < 1.29 is 9.59 Å². The molecular formula is C19H22N6O3S. The number of fused-ring (bicyclic) bond motifs is 1. The van der Waals surface area contributed by atoms with E-state index in [1.165, 1.54) is 28.2 Å². The Hall–Kier alpha value is -3.01. The first kappa shape index (κ1) is 19.3. The Balaban J connectivity index is 1.36. The summed E-state index contributed by atoms with van der Waals surface area (Å²) in [6.45, 7) is 3.22. The molecule has 4 rings (SSSR count). The van der Waals surface area contributed by atoms with Gasteiger partial charge in [-0.15, -0.1) is 11.3 Å². The van der Waals surface area contributed by atoms with E-state index in [1.54, 1.807) is 11.8 Å². The van der Waals surface area contributed by atoms with E-state index in [1.807, 2.05) is 22.2 Å². The monoisotopic (exact) mass is 414 g/mol. The predicted octanol–water partition coefficient (Wildman–Crippen LogP) is 0.936. The van der Waals surface area contributed by atoms with Crippen molar-refractivity contribution >= 4 is 28.1 Å². The first-order chi connectivity index (χ1) is 14.0. The van der Waals surface area contributed by atoms with Gasteiger partial charge in [-0.05, 0) is 25.8 Å². The van der Waals surface area contributed by atoms with Gasteiger partial charge in [0.25, 0.3) is 11.5 Å². The van der Waals surface area contributed by atoms with Crippen molar-refractivity contribution in [2.24, 2.45) is 0 Å². The Morgan fingerprint density at radius 3 is 3.00 bits per heavy atom. The molecule has 1 atom stereocenters. The lowest BCUT2D eigenvalue weighted by Gasteiger charge is -2.24. The molecule has 0 aromatic carbocycles. The summed E-state index contributed by atoms with van der Waals surface area (Å²) in [5, 5.41) is 9.02. The van der Waals surface area contributed by atoms with Crippen molar-refractivity contribution in [1.82, 2.24) is 29.4 Å². The Morgan fingerprint density at radius 2 is 2.21 bits per heavy atom. The van der Waals surface area contributed by atoms with Crippen LogP contribution in [0.5, 0.6) is 0 Å². The van der Waals surface area contributed by atoms with Crippen LogP contribution in [0.2, 0.25) is 0 Å². The van der Waals surface area contributed by atoms with Gasteiger partial charge in [-0.3, -0.25) is 18.8 Å². The molecule has 3 aromatic rings. The van der Waals surface area contributed by atoms with Gasteiger partial charge < -0.3 is 10.2 Å². The summed E-state index contributed by atoms with van der Waals surface area (Å²) in [7, 11) is 0. The molecule has 0 saturated carbocycles. The van der Waals surface area contributed by atoms with E-state index in [0.717, 1.165) is 23.5 Å².